The molecule has 3 nitrogen and oxygen atoms in total. The van der Waals surface area contributed by atoms with E-state index in [0.29, 0.717) is 30.8 Å². The molecule has 1 aliphatic heterocycles. The number of rotatable bonds is 11. The van der Waals surface area contributed by atoms with Crippen molar-refractivity contribution in [3.63, 3.8) is 0 Å². The van der Waals surface area contributed by atoms with Gasteiger partial charge < -0.3 is 14.2 Å². The quantitative estimate of drug-likeness (QED) is 0.277. The summed E-state index contributed by atoms with van der Waals surface area (Å²) in [5, 5.41) is 0. The van der Waals surface area contributed by atoms with Crippen molar-refractivity contribution < 1.29 is 23.0 Å². The summed E-state index contributed by atoms with van der Waals surface area (Å²) in [6, 6.07) is 3.30. The zero-order valence-corrected chi connectivity index (χ0v) is 18.9. The third kappa shape index (κ3) is 7.01. The first-order valence-corrected chi connectivity index (χ1v) is 12.1. The lowest BCUT2D eigenvalue weighted by atomic mass is 9.78. The Morgan fingerprint density at radius 3 is 2.58 bits per heavy atom. The number of allylic oxidation sites excluding steroid dienone is 1. The van der Waals surface area contributed by atoms with E-state index in [-0.39, 0.29) is 17.8 Å². The third-order valence-corrected chi connectivity index (χ3v) is 6.71. The van der Waals surface area contributed by atoms with Crippen LogP contribution in [0.25, 0.3) is 0 Å². The highest BCUT2D eigenvalue weighted by molar-refractivity contribution is 5.33. The van der Waals surface area contributed by atoms with Crippen molar-refractivity contribution in [2.45, 2.75) is 89.3 Å². The van der Waals surface area contributed by atoms with Gasteiger partial charge in [-0.2, -0.15) is 4.39 Å². The minimum absolute atomic E-state index is 0.0261. The zero-order chi connectivity index (χ0) is 22.1. The van der Waals surface area contributed by atoms with E-state index < -0.39 is 11.6 Å². The van der Waals surface area contributed by atoms with Gasteiger partial charge in [0.25, 0.3) is 0 Å². The van der Waals surface area contributed by atoms with Crippen LogP contribution in [-0.4, -0.2) is 32.0 Å². The minimum atomic E-state index is -0.845. The van der Waals surface area contributed by atoms with E-state index in [1.54, 1.807) is 12.1 Å². The average Bonchev–Trinajstić information content (AvgIpc) is 2.80. The topological polar surface area (TPSA) is 27.7 Å². The molecule has 3 rings (SSSR count). The highest BCUT2D eigenvalue weighted by Crippen LogP contribution is 2.39. The molecular weight excluding hydrogens is 398 g/mol. The molecular formula is C26H38F2O3. The molecule has 5 heteroatoms. The monoisotopic (exact) mass is 436 g/mol. The molecule has 2 fully saturated rings. The van der Waals surface area contributed by atoms with Gasteiger partial charge in [0.15, 0.2) is 11.6 Å². The summed E-state index contributed by atoms with van der Waals surface area (Å²) in [6.45, 7) is 7.63. The van der Waals surface area contributed by atoms with E-state index in [1.807, 2.05) is 13.0 Å². The molecule has 1 aliphatic carbocycles. The van der Waals surface area contributed by atoms with Crippen molar-refractivity contribution in [3.05, 3.63) is 42.0 Å². The van der Waals surface area contributed by atoms with E-state index in [1.165, 1.54) is 0 Å². The molecule has 1 aromatic rings. The predicted molar refractivity (Wildman–Crippen MR) is 120 cm³/mol. The number of ether oxygens (including phenoxy) is 3. The van der Waals surface area contributed by atoms with Gasteiger partial charge in [0.2, 0.25) is 5.82 Å². The Morgan fingerprint density at radius 1 is 1.10 bits per heavy atom. The second-order valence-electron chi connectivity index (χ2n) is 9.05. The van der Waals surface area contributed by atoms with Crippen molar-refractivity contribution in [3.8, 4) is 5.75 Å². The maximum Gasteiger partial charge on any atom is 0.200 e. The van der Waals surface area contributed by atoms with Crippen LogP contribution in [-0.2, 0) is 9.47 Å². The fraction of sp³-hybridized carbons (Fsp3) is 0.692. The van der Waals surface area contributed by atoms with Gasteiger partial charge >= 0.3 is 0 Å². The fourth-order valence-corrected chi connectivity index (χ4v) is 4.66. The van der Waals surface area contributed by atoms with Crippen molar-refractivity contribution >= 4 is 0 Å². The first kappa shape index (κ1) is 24.2. The number of halogens is 2. The first-order valence-electron chi connectivity index (χ1n) is 12.1. The fourth-order valence-electron chi connectivity index (χ4n) is 4.66. The first-order chi connectivity index (χ1) is 15.1. The van der Waals surface area contributed by atoms with Gasteiger partial charge in [-0.3, -0.25) is 0 Å². The van der Waals surface area contributed by atoms with Crippen LogP contribution in [0, 0.1) is 17.6 Å². The van der Waals surface area contributed by atoms with Crippen LogP contribution in [0.15, 0.2) is 24.8 Å². The SMILES string of the molecule is C=CCCC1CCC(OCC2CCC(c3ccc(OCCCC)c(F)c3F)CC2)CO1. The van der Waals surface area contributed by atoms with Gasteiger partial charge in [-0.1, -0.05) is 25.5 Å². The van der Waals surface area contributed by atoms with Crippen molar-refractivity contribution in [2.24, 2.45) is 5.92 Å². The molecule has 31 heavy (non-hydrogen) atoms. The number of hydrogen-bond donors (Lipinski definition) is 0. The van der Waals surface area contributed by atoms with E-state index in [4.69, 9.17) is 14.2 Å². The van der Waals surface area contributed by atoms with Gasteiger partial charge in [0.1, 0.15) is 0 Å². The smallest absolute Gasteiger partial charge is 0.200 e. The molecule has 2 aliphatic rings. The van der Waals surface area contributed by atoms with Crippen molar-refractivity contribution in [1.82, 2.24) is 0 Å². The highest BCUT2D eigenvalue weighted by atomic mass is 19.2. The Labute approximate surface area is 186 Å². The molecule has 2 unspecified atom stereocenters. The van der Waals surface area contributed by atoms with Crippen LogP contribution in [0.1, 0.15) is 82.6 Å². The normalized spacial score (nSPS) is 26.5. The summed E-state index contributed by atoms with van der Waals surface area (Å²) < 4.78 is 46.5. The lowest BCUT2D eigenvalue weighted by Crippen LogP contribution is -2.33. The zero-order valence-electron chi connectivity index (χ0n) is 18.9. The number of unbranched alkanes of at least 4 members (excludes halogenated alkanes) is 1. The molecule has 0 spiro atoms. The molecule has 0 bridgehead atoms. The van der Waals surface area contributed by atoms with Crippen LogP contribution >= 0.6 is 0 Å². The molecule has 0 amide bonds. The molecule has 1 aromatic carbocycles. The van der Waals surface area contributed by atoms with Crippen molar-refractivity contribution in [2.75, 3.05) is 19.8 Å². The van der Waals surface area contributed by atoms with Crippen LogP contribution in [0.3, 0.4) is 0 Å². The summed E-state index contributed by atoms with van der Waals surface area (Å²) in [4.78, 5) is 0. The van der Waals surface area contributed by atoms with Gasteiger partial charge in [-0.15, -0.1) is 6.58 Å². The minimum Gasteiger partial charge on any atom is -0.490 e. The van der Waals surface area contributed by atoms with E-state index in [0.717, 1.165) is 70.8 Å². The summed E-state index contributed by atoms with van der Waals surface area (Å²) in [5.41, 5.74) is 0.492. The third-order valence-electron chi connectivity index (χ3n) is 6.71. The van der Waals surface area contributed by atoms with Crippen LogP contribution in [0.4, 0.5) is 8.78 Å². The Balaban J connectivity index is 1.41. The van der Waals surface area contributed by atoms with Crippen LogP contribution < -0.4 is 4.74 Å². The molecule has 1 saturated heterocycles. The Hall–Kier alpha value is -1.46. The lowest BCUT2D eigenvalue weighted by molar-refractivity contribution is -0.0953. The van der Waals surface area contributed by atoms with E-state index >= 15 is 0 Å². The second-order valence-corrected chi connectivity index (χ2v) is 9.05. The second kappa shape index (κ2) is 12.5. The average molecular weight is 437 g/mol. The summed E-state index contributed by atoms with van der Waals surface area (Å²) in [5.74, 6) is -1.00. The molecule has 0 radical (unpaired) electrons. The molecule has 174 valence electrons. The maximum absolute atomic E-state index is 14.7. The Kier molecular flexibility index (Phi) is 9.79. The highest BCUT2D eigenvalue weighted by Gasteiger charge is 2.28. The summed E-state index contributed by atoms with van der Waals surface area (Å²) in [6.07, 6.45) is 12.1. The molecule has 1 heterocycles. The standard InChI is InChI=1S/C26H38F2O3/c1-3-5-7-21-12-13-22(18-31-21)30-17-19-8-10-20(11-9-19)23-14-15-24(26(28)25(23)27)29-16-6-4-2/h3,14-15,19-22H,1,4-13,16-18H2,2H3. The van der Waals surface area contributed by atoms with Crippen LogP contribution in [0.5, 0.6) is 5.75 Å². The molecule has 0 N–H and O–H groups in total. The lowest BCUT2D eigenvalue weighted by Gasteiger charge is -2.32. The van der Waals surface area contributed by atoms with Gasteiger partial charge in [-0.25, -0.2) is 4.39 Å². The van der Waals surface area contributed by atoms with Crippen LogP contribution in [0.2, 0.25) is 0 Å². The predicted octanol–water partition coefficient (Wildman–Crippen LogP) is 6.95. The maximum atomic E-state index is 14.7. The van der Waals surface area contributed by atoms with Gasteiger partial charge in [0, 0.05) is 6.61 Å². The summed E-state index contributed by atoms with van der Waals surface area (Å²) >= 11 is 0. The molecule has 0 aromatic heterocycles. The van der Waals surface area contributed by atoms with Gasteiger partial charge in [0.05, 0.1) is 25.4 Å². The van der Waals surface area contributed by atoms with Gasteiger partial charge in [-0.05, 0) is 81.3 Å². The van der Waals surface area contributed by atoms with E-state index in [9.17, 15) is 8.78 Å². The van der Waals surface area contributed by atoms with Crippen molar-refractivity contribution in [1.29, 1.82) is 0 Å². The largest absolute Gasteiger partial charge is 0.490 e. The molecule has 1 saturated carbocycles. The Bertz CT molecular complexity index is 677. The number of benzene rings is 1. The number of hydrogen-bond acceptors (Lipinski definition) is 3. The molecule has 2 atom stereocenters. The van der Waals surface area contributed by atoms with E-state index in [2.05, 4.69) is 6.58 Å². The summed E-state index contributed by atoms with van der Waals surface area (Å²) in [7, 11) is 0. The Morgan fingerprint density at radius 2 is 1.90 bits per heavy atom.